The lowest BCUT2D eigenvalue weighted by Gasteiger charge is -2.32. The highest BCUT2D eigenvalue weighted by Gasteiger charge is 2.60. The normalized spacial score (nSPS) is 19.2. The van der Waals surface area contributed by atoms with Crippen LogP contribution in [0.5, 0.6) is 5.88 Å². The van der Waals surface area contributed by atoms with E-state index in [2.05, 4.69) is 25.9 Å². The van der Waals surface area contributed by atoms with Gasteiger partial charge >= 0.3 is 5.69 Å². The molecule has 0 radical (unpaired) electrons. The zero-order valence-electron chi connectivity index (χ0n) is 16.5. The fraction of sp³-hybridized carbons (Fsp3) is 0.333. The van der Waals surface area contributed by atoms with E-state index in [0.717, 1.165) is 31.0 Å². The molecule has 0 bridgehead atoms. The van der Waals surface area contributed by atoms with Crippen LogP contribution in [0.2, 0.25) is 0 Å². The van der Waals surface area contributed by atoms with Crippen LogP contribution in [0.3, 0.4) is 0 Å². The number of unbranched alkanes of at least 4 members (excludes halogenated alkanes) is 3. The second-order valence-electron chi connectivity index (χ2n) is 7.39. The van der Waals surface area contributed by atoms with Crippen LogP contribution < -0.4 is 26.6 Å². The topological polar surface area (TPSA) is 145 Å². The Bertz CT molecular complexity index is 1240. The minimum absolute atomic E-state index is 0.142. The smallest absolute Gasteiger partial charge is 0.328 e. The number of nitriles is 1. The highest BCUT2D eigenvalue weighted by atomic mass is 79.9. The second kappa shape index (κ2) is 8.07. The average molecular weight is 486 g/mol. The van der Waals surface area contributed by atoms with E-state index in [9.17, 15) is 19.6 Å². The molecular weight excluding hydrogens is 466 g/mol. The molecule has 1 unspecified atom stereocenters. The minimum Gasteiger partial charge on any atom is -0.423 e. The molecule has 2 aliphatic heterocycles. The molecule has 1 atom stereocenters. The summed E-state index contributed by atoms with van der Waals surface area (Å²) in [5.74, 6) is -1.01. The summed E-state index contributed by atoms with van der Waals surface area (Å²) >= 11 is 3.41. The Kier molecular flexibility index (Phi) is 5.45. The number of aromatic amines is 2. The van der Waals surface area contributed by atoms with Gasteiger partial charge in [-0.3, -0.25) is 19.6 Å². The van der Waals surface area contributed by atoms with E-state index in [0.29, 0.717) is 17.8 Å². The van der Waals surface area contributed by atoms with Crippen molar-refractivity contribution in [1.29, 1.82) is 5.26 Å². The van der Waals surface area contributed by atoms with E-state index >= 15 is 0 Å². The van der Waals surface area contributed by atoms with Gasteiger partial charge in [0.05, 0.1) is 0 Å². The van der Waals surface area contributed by atoms with E-state index in [4.69, 9.17) is 10.5 Å². The van der Waals surface area contributed by atoms with Crippen LogP contribution in [0.15, 0.2) is 45.3 Å². The maximum atomic E-state index is 14.0. The van der Waals surface area contributed by atoms with Crippen LogP contribution in [-0.4, -0.2) is 27.7 Å². The molecule has 3 heterocycles. The number of benzene rings is 1. The van der Waals surface area contributed by atoms with Crippen molar-refractivity contribution in [3.63, 3.8) is 0 Å². The number of anilines is 1. The third kappa shape index (κ3) is 3.08. The van der Waals surface area contributed by atoms with E-state index in [1.54, 1.807) is 29.2 Å². The number of halogens is 1. The molecule has 0 aliphatic carbocycles. The number of para-hydroxylation sites is 1. The van der Waals surface area contributed by atoms with Crippen LogP contribution in [0.4, 0.5) is 5.69 Å². The molecule has 4 rings (SSSR count). The quantitative estimate of drug-likeness (QED) is 0.419. The number of amides is 1. The Labute approximate surface area is 185 Å². The van der Waals surface area contributed by atoms with Crippen molar-refractivity contribution >= 4 is 27.5 Å². The van der Waals surface area contributed by atoms with Crippen LogP contribution >= 0.6 is 15.9 Å². The lowest BCUT2D eigenvalue weighted by molar-refractivity contribution is -0.121. The number of carbonyl (C=O) groups is 1. The molecule has 0 fully saturated rings. The van der Waals surface area contributed by atoms with Crippen molar-refractivity contribution in [2.45, 2.75) is 31.1 Å². The van der Waals surface area contributed by atoms with Crippen molar-refractivity contribution in [1.82, 2.24) is 9.97 Å². The molecular formula is C21H20BrN5O4. The van der Waals surface area contributed by atoms with Gasteiger partial charge in [0, 0.05) is 23.1 Å². The number of aromatic nitrogens is 2. The number of hydrogen-bond acceptors (Lipinski definition) is 6. The summed E-state index contributed by atoms with van der Waals surface area (Å²) in [6, 6.07) is 8.97. The summed E-state index contributed by atoms with van der Waals surface area (Å²) in [6.07, 6.45) is 3.75. The summed E-state index contributed by atoms with van der Waals surface area (Å²) in [5.41, 5.74) is 3.37. The first-order valence-corrected chi connectivity index (χ1v) is 11.0. The zero-order chi connectivity index (χ0) is 22.2. The first-order valence-electron chi connectivity index (χ1n) is 9.89. The maximum Gasteiger partial charge on any atom is 0.328 e. The van der Waals surface area contributed by atoms with Crippen LogP contribution in [-0.2, 0) is 10.2 Å². The third-order valence-corrected chi connectivity index (χ3v) is 6.22. The lowest BCUT2D eigenvalue weighted by Crippen LogP contribution is -2.50. The summed E-state index contributed by atoms with van der Waals surface area (Å²) in [6.45, 7) is 0.427. The summed E-state index contributed by atoms with van der Waals surface area (Å²) in [4.78, 5) is 44.8. The molecule has 10 heteroatoms. The number of ether oxygens (including phenoxy) is 1. The highest BCUT2D eigenvalue weighted by molar-refractivity contribution is 9.09. The van der Waals surface area contributed by atoms with Crippen LogP contribution in [0.1, 0.15) is 36.8 Å². The largest absolute Gasteiger partial charge is 0.423 e. The SMILES string of the molecule is N#CC1=C(N)Oc2[nH]c(=O)[nH]c(=O)c2C12C(=O)N(CCCCCCBr)c1ccccc12. The number of alkyl halides is 1. The molecule has 1 amide bonds. The van der Waals surface area contributed by atoms with Gasteiger partial charge in [-0.1, -0.05) is 47.0 Å². The number of nitrogens with zero attached hydrogens (tertiary/aromatic N) is 2. The summed E-state index contributed by atoms with van der Waals surface area (Å²) in [5, 5.41) is 10.9. The standard InChI is InChI=1S/C21H20BrN5O4/c22-9-5-1-2-6-10-27-14-8-4-3-7-12(14)21(19(27)29)13(11-23)16(24)31-18-15(21)17(28)25-20(30)26-18/h3-4,7-8H,1-2,5-6,9-10,24H2,(H2,25,26,28,30). The van der Waals surface area contributed by atoms with Gasteiger partial charge in [-0.05, 0) is 18.9 Å². The summed E-state index contributed by atoms with van der Waals surface area (Å²) < 4.78 is 5.39. The molecule has 1 spiro atoms. The Morgan fingerprint density at radius 1 is 1.13 bits per heavy atom. The van der Waals surface area contributed by atoms with Gasteiger partial charge < -0.3 is 15.4 Å². The highest BCUT2D eigenvalue weighted by Crippen LogP contribution is 2.53. The van der Waals surface area contributed by atoms with E-state index < -0.39 is 22.6 Å². The number of rotatable bonds is 6. The van der Waals surface area contributed by atoms with Crippen LogP contribution in [0.25, 0.3) is 0 Å². The summed E-state index contributed by atoms with van der Waals surface area (Å²) in [7, 11) is 0. The van der Waals surface area contributed by atoms with Gasteiger partial charge in [-0.15, -0.1) is 0 Å². The predicted molar refractivity (Wildman–Crippen MR) is 117 cm³/mol. The average Bonchev–Trinajstić information content (AvgIpc) is 2.97. The Morgan fingerprint density at radius 3 is 2.61 bits per heavy atom. The fourth-order valence-electron chi connectivity index (χ4n) is 4.37. The number of fused-ring (bicyclic) bond motifs is 4. The Balaban J connectivity index is 1.92. The molecule has 1 aromatic heterocycles. The predicted octanol–water partition coefficient (Wildman–Crippen LogP) is 1.74. The Hall–Kier alpha value is -3.32. The van der Waals surface area contributed by atoms with Crippen molar-refractivity contribution in [2.75, 3.05) is 16.8 Å². The number of hydrogen-bond donors (Lipinski definition) is 3. The molecule has 1 aromatic carbocycles. The second-order valence-corrected chi connectivity index (χ2v) is 8.19. The van der Waals surface area contributed by atoms with E-state index in [1.165, 1.54) is 0 Å². The monoisotopic (exact) mass is 485 g/mol. The molecule has 31 heavy (non-hydrogen) atoms. The van der Waals surface area contributed by atoms with Gasteiger partial charge in [-0.2, -0.15) is 5.26 Å². The molecule has 0 saturated heterocycles. The number of nitrogens with one attached hydrogen (secondary N) is 2. The first kappa shape index (κ1) is 20.9. The zero-order valence-corrected chi connectivity index (χ0v) is 18.1. The van der Waals surface area contributed by atoms with Gasteiger partial charge in [0.1, 0.15) is 17.2 Å². The molecule has 2 aliphatic rings. The molecule has 160 valence electrons. The molecule has 4 N–H and O–H groups in total. The van der Waals surface area contributed by atoms with E-state index in [-0.39, 0.29) is 22.9 Å². The fourth-order valence-corrected chi connectivity index (χ4v) is 4.77. The van der Waals surface area contributed by atoms with Gasteiger partial charge in [0.2, 0.25) is 17.7 Å². The van der Waals surface area contributed by atoms with Crippen molar-refractivity contribution in [2.24, 2.45) is 5.73 Å². The van der Waals surface area contributed by atoms with Crippen molar-refractivity contribution < 1.29 is 9.53 Å². The lowest BCUT2D eigenvalue weighted by atomic mass is 9.69. The van der Waals surface area contributed by atoms with Crippen LogP contribution in [0, 0.1) is 11.3 Å². The molecule has 0 saturated carbocycles. The van der Waals surface area contributed by atoms with E-state index in [1.807, 2.05) is 6.07 Å². The van der Waals surface area contributed by atoms with Gasteiger partial charge in [0.25, 0.3) is 5.56 Å². The number of carbonyl (C=O) groups excluding carboxylic acids is 1. The number of H-pyrrole nitrogens is 2. The Morgan fingerprint density at radius 2 is 1.87 bits per heavy atom. The number of nitrogens with two attached hydrogens (primary N) is 1. The molecule has 9 nitrogen and oxygen atoms in total. The first-order chi connectivity index (χ1) is 15.0. The maximum absolute atomic E-state index is 14.0. The molecule has 2 aromatic rings. The third-order valence-electron chi connectivity index (χ3n) is 5.66. The van der Waals surface area contributed by atoms with Gasteiger partial charge in [0.15, 0.2) is 5.41 Å². The minimum atomic E-state index is -1.78. The van der Waals surface area contributed by atoms with Crippen molar-refractivity contribution in [3.8, 4) is 11.9 Å². The van der Waals surface area contributed by atoms with Crippen molar-refractivity contribution in [3.05, 3.63) is 67.7 Å². The van der Waals surface area contributed by atoms with Gasteiger partial charge in [-0.25, -0.2) is 4.79 Å².